The number of hydrogen-bond acceptors (Lipinski definition) is 3. The number of aromatic nitrogens is 1. The maximum Gasteiger partial charge on any atom is 0.0875 e. The predicted octanol–water partition coefficient (Wildman–Crippen LogP) is 2.55. The zero-order valence-corrected chi connectivity index (χ0v) is 8.52. The maximum absolute atomic E-state index is 8.93. The Balaban J connectivity index is 2.73. The van der Waals surface area contributed by atoms with Gasteiger partial charge in [-0.3, -0.25) is 0 Å². The highest BCUT2D eigenvalue weighted by atomic mass is 79.9. The summed E-state index contributed by atoms with van der Waals surface area (Å²) >= 11 is 4.79. The van der Waals surface area contributed by atoms with Crippen molar-refractivity contribution in [1.29, 1.82) is 0 Å². The van der Waals surface area contributed by atoms with Gasteiger partial charge in [-0.1, -0.05) is 22.0 Å². The normalized spacial score (nSPS) is 10.8. The number of halogens is 1. The lowest BCUT2D eigenvalue weighted by atomic mass is 10.2. The Morgan fingerprint density at radius 3 is 3.08 bits per heavy atom. The van der Waals surface area contributed by atoms with Crippen molar-refractivity contribution in [2.75, 3.05) is 0 Å². The lowest BCUT2D eigenvalue weighted by Crippen LogP contribution is -1.81. The van der Waals surface area contributed by atoms with Gasteiger partial charge in [0.25, 0.3) is 0 Å². The molecular weight excluding hydrogens is 238 g/mol. The molecule has 0 aliphatic carbocycles. The zero-order valence-electron chi connectivity index (χ0n) is 6.12. The molecule has 2 aromatic rings. The van der Waals surface area contributed by atoms with Crippen LogP contribution in [0.25, 0.3) is 10.1 Å². The molecule has 0 amide bonds. The van der Waals surface area contributed by atoms with Crippen LogP contribution in [0.4, 0.5) is 0 Å². The van der Waals surface area contributed by atoms with E-state index in [1.807, 2.05) is 18.2 Å². The third kappa shape index (κ3) is 1.26. The molecule has 12 heavy (non-hydrogen) atoms. The summed E-state index contributed by atoms with van der Waals surface area (Å²) in [5, 5.41) is 9.97. The van der Waals surface area contributed by atoms with Crippen LogP contribution in [0.5, 0.6) is 0 Å². The van der Waals surface area contributed by atoms with E-state index in [4.69, 9.17) is 5.11 Å². The molecule has 1 N–H and O–H groups in total. The van der Waals surface area contributed by atoms with E-state index in [0.717, 1.165) is 20.3 Å². The third-order valence-electron chi connectivity index (χ3n) is 1.66. The van der Waals surface area contributed by atoms with Crippen LogP contribution in [-0.4, -0.2) is 9.48 Å². The van der Waals surface area contributed by atoms with Crippen LogP contribution in [0.15, 0.2) is 22.7 Å². The van der Waals surface area contributed by atoms with Crippen LogP contribution in [-0.2, 0) is 6.61 Å². The van der Waals surface area contributed by atoms with E-state index in [0.29, 0.717) is 0 Å². The minimum atomic E-state index is 0.0155. The number of hydrogen-bond donors (Lipinski definition) is 1. The minimum Gasteiger partial charge on any atom is -0.390 e. The second-order valence-electron chi connectivity index (χ2n) is 2.43. The standard InChI is InChI=1S/C8H6BrNOS/c9-5-1-2-6-7(4-11)10-12-8(6)3-5/h1-3,11H,4H2. The highest BCUT2D eigenvalue weighted by Crippen LogP contribution is 2.25. The lowest BCUT2D eigenvalue weighted by Gasteiger charge is -1.91. The van der Waals surface area contributed by atoms with Crippen LogP contribution in [0.3, 0.4) is 0 Å². The molecule has 0 aliphatic rings. The Morgan fingerprint density at radius 2 is 2.33 bits per heavy atom. The quantitative estimate of drug-likeness (QED) is 0.836. The van der Waals surface area contributed by atoms with E-state index < -0.39 is 0 Å². The van der Waals surface area contributed by atoms with Gasteiger partial charge in [0.15, 0.2) is 0 Å². The third-order valence-corrected chi connectivity index (χ3v) is 3.00. The molecule has 0 fully saturated rings. The highest BCUT2D eigenvalue weighted by molar-refractivity contribution is 9.10. The number of aliphatic hydroxyl groups excluding tert-OH is 1. The summed E-state index contributed by atoms with van der Waals surface area (Å²) in [5.74, 6) is 0. The van der Waals surface area contributed by atoms with E-state index in [2.05, 4.69) is 20.3 Å². The van der Waals surface area contributed by atoms with Crippen molar-refractivity contribution >= 4 is 37.5 Å². The Bertz CT molecular complexity index is 412. The molecule has 1 aromatic carbocycles. The fourth-order valence-electron chi connectivity index (χ4n) is 1.08. The van der Waals surface area contributed by atoms with Crippen LogP contribution in [0.2, 0.25) is 0 Å². The number of rotatable bonds is 1. The van der Waals surface area contributed by atoms with Crippen LogP contribution in [0.1, 0.15) is 5.69 Å². The summed E-state index contributed by atoms with van der Waals surface area (Å²) in [6, 6.07) is 5.93. The summed E-state index contributed by atoms with van der Waals surface area (Å²) in [4.78, 5) is 0. The minimum absolute atomic E-state index is 0.0155. The van der Waals surface area contributed by atoms with Crippen molar-refractivity contribution in [1.82, 2.24) is 4.37 Å². The molecule has 62 valence electrons. The van der Waals surface area contributed by atoms with Crippen molar-refractivity contribution in [3.8, 4) is 0 Å². The van der Waals surface area contributed by atoms with E-state index >= 15 is 0 Å². The Morgan fingerprint density at radius 1 is 1.50 bits per heavy atom. The topological polar surface area (TPSA) is 33.1 Å². The summed E-state index contributed by atoms with van der Waals surface area (Å²) in [6.07, 6.45) is 0. The van der Waals surface area contributed by atoms with Gasteiger partial charge in [0.2, 0.25) is 0 Å². The average molecular weight is 244 g/mol. The number of fused-ring (bicyclic) bond motifs is 1. The first kappa shape index (κ1) is 8.16. The second kappa shape index (κ2) is 3.12. The molecule has 0 aliphatic heterocycles. The number of aliphatic hydroxyl groups is 1. The Labute approximate surface area is 82.1 Å². The van der Waals surface area contributed by atoms with Gasteiger partial charge in [0, 0.05) is 9.86 Å². The van der Waals surface area contributed by atoms with Gasteiger partial charge in [-0.25, -0.2) is 0 Å². The summed E-state index contributed by atoms with van der Waals surface area (Å²) in [7, 11) is 0. The summed E-state index contributed by atoms with van der Waals surface area (Å²) in [6.45, 7) is 0.0155. The van der Waals surface area contributed by atoms with Crippen molar-refractivity contribution in [3.05, 3.63) is 28.4 Å². The van der Waals surface area contributed by atoms with Gasteiger partial charge >= 0.3 is 0 Å². The Kier molecular flexibility index (Phi) is 2.12. The highest BCUT2D eigenvalue weighted by Gasteiger charge is 2.03. The van der Waals surface area contributed by atoms with Crippen molar-refractivity contribution in [2.24, 2.45) is 0 Å². The van der Waals surface area contributed by atoms with Gasteiger partial charge in [-0.15, -0.1) is 0 Å². The molecule has 1 aromatic heterocycles. The summed E-state index contributed by atoms with van der Waals surface area (Å²) < 4.78 is 6.28. The number of nitrogens with zero attached hydrogens (tertiary/aromatic N) is 1. The molecule has 0 bridgehead atoms. The van der Waals surface area contributed by atoms with Gasteiger partial charge in [0.1, 0.15) is 0 Å². The van der Waals surface area contributed by atoms with Crippen LogP contribution < -0.4 is 0 Å². The molecule has 2 nitrogen and oxygen atoms in total. The fourth-order valence-corrected chi connectivity index (χ4v) is 2.42. The van der Waals surface area contributed by atoms with E-state index in [9.17, 15) is 0 Å². The molecular formula is C8H6BrNOS. The SMILES string of the molecule is OCc1nsc2cc(Br)ccc12. The predicted molar refractivity (Wildman–Crippen MR) is 53.2 cm³/mol. The molecule has 0 radical (unpaired) electrons. The smallest absolute Gasteiger partial charge is 0.0875 e. The molecule has 0 spiro atoms. The van der Waals surface area contributed by atoms with Crippen LogP contribution in [0, 0.1) is 0 Å². The van der Waals surface area contributed by atoms with Crippen molar-refractivity contribution < 1.29 is 5.11 Å². The monoisotopic (exact) mass is 243 g/mol. The first-order valence-electron chi connectivity index (χ1n) is 3.46. The van der Waals surface area contributed by atoms with E-state index in [-0.39, 0.29) is 6.61 Å². The van der Waals surface area contributed by atoms with Crippen molar-refractivity contribution in [3.63, 3.8) is 0 Å². The molecule has 4 heteroatoms. The van der Waals surface area contributed by atoms with Crippen molar-refractivity contribution in [2.45, 2.75) is 6.61 Å². The van der Waals surface area contributed by atoms with E-state index in [1.54, 1.807) is 0 Å². The zero-order chi connectivity index (χ0) is 8.55. The molecule has 0 saturated carbocycles. The van der Waals surface area contributed by atoms with Crippen LogP contribution >= 0.6 is 27.5 Å². The number of benzene rings is 1. The molecule has 0 atom stereocenters. The molecule has 1 heterocycles. The Hall–Kier alpha value is -0.450. The summed E-state index contributed by atoms with van der Waals surface area (Å²) in [5.41, 5.74) is 0.766. The van der Waals surface area contributed by atoms with E-state index in [1.165, 1.54) is 11.5 Å². The van der Waals surface area contributed by atoms with Gasteiger partial charge in [0.05, 0.1) is 17.0 Å². The van der Waals surface area contributed by atoms with Gasteiger partial charge in [-0.2, -0.15) is 4.37 Å². The second-order valence-corrected chi connectivity index (χ2v) is 4.15. The lowest BCUT2D eigenvalue weighted by molar-refractivity contribution is 0.279. The molecule has 2 rings (SSSR count). The molecule has 0 saturated heterocycles. The average Bonchev–Trinajstić information content (AvgIpc) is 2.46. The first-order chi connectivity index (χ1) is 5.81. The van der Waals surface area contributed by atoms with Gasteiger partial charge in [-0.05, 0) is 23.7 Å². The first-order valence-corrected chi connectivity index (χ1v) is 5.02. The molecule has 0 unspecified atom stereocenters. The fraction of sp³-hybridized carbons (Fsp3) is 0.125. The largest absolute Gasteiger partial charge is 0.390 e. The van der Waals surface area contributed by atoms with Gasteiger partial charge < -0.3 is 5.11 Å². The maximum atomic E-state index is 8.93.